The van der Waals surface area contributed by atoms with Crippen LogP contribution in [-0.4, -0.2) is 227 Å². The van der Waals surface area contributed by atoms with Gasteiger partial charge in [-0.1, -0.05) is 44.2 Å². The monoisotopic (exact) mass is 1710 g/mol. The fraction of sp³-hybridized carbons (Fsp3) is 0.513. The number of carboxylic acids is 2. The predicted molar refractivity (Wildman–Crippen MR) is 439 cm³/mol. The zero-order valence-corrected chi connectivity index (χ0v) is 67.9. The molecule has 0 bridgehead atoms. The lowest BCUT2D eigenvalue weighted by Crippen LogP contribution is -2.61. The molecular formula is C76H109N23O23. The fourth-order valence-corrected chi connectivity index (χ4v) is 12.8. The number of benzene rings is 3. The molecule has 10 atom stereocenters. The van der Waals surface area contributed by atoms with Crippen molar-refractivity contribution in [2.45, 2.75) is 197 Å². The van der Waals surface area contributed by atoms with Crippen LogP contribution in [0, 0.1) is 42.4 Å². The summed E-state index contributed by atoms with van der Waals surface area (Å²) in [5.41, 5.74) is 20.2. The summed E-state index contributed by atoms with van der Waals surface area (Å²) in [7, 11) is 1.41. The van der Waals surface area contributed by atoms with Gasteiger partial charge in [-0.05, 0) is 132 Å². The van der Waals surface area contributed by atoms with Crippen LogP contribution in [-0.2, 0) is 80.1 Å². The van der Waals surface area contributed by atoms with Crippen LogP contribution in [0.2, 0.25) is 0 Å². The second kappa shape index (κ2) is 50.2. The molecule has 666 valence electrons. The first-order valence-corrected chi connectivity index (χ1v) is 39.2. The number of carboxylic acid groups (broad SMARTS) is 2. The topological polar surface area (TPSA) is 733 Å². The highest BCUT2D eigenvalue weighted by Gasteiger charge is 2.41. The van der Waals surface area contributed by atoms with E-state index in [1.54, 1.807) is 44.2 Å². The number of rotatable bonds is 54. The van der Waals surface area contributed by atoms with Crippen molar-refractivity contribution in [2.75, 3.05) is 51.8 Å². The summed E-state index contributed by atoms with van der Waals surface area (Å²) >= 11 is 0. The minimum Gasteiger partial charge on any atom is -0.497 e. The number of carbonyl (C=O) groups excluding carboxylic acids is 11. The van der Waals surface area contributed by atoms with Gasteiger partial charge < -0.3 is 121 Å². The van der Waals surface area contributed by atoms with Gasteiger partial charge in [-0.2, -0.15) is 0 Å². The number of hydrogen-bond acceptors (Lipinski definition) is 25. The zero-order valence-electron chi connectivity index (χ0n) is 67.9. The molecule has 1 fully saturated rings. The van der Waals surface area contributed by atoms with E-state index in [1.165, 1.54) is 18.1 Å². The van der Waals surface area contributed by atoms with Gasteiger partial charge in [0.25, 0.3) is 11.4 Å². The van der Waals surface area contributed by atoms with Crippen LogP contribution in [0.4, 0.5) is 17.1 Å². The Balaban J connectivity index is 1.46. The van der Waals surface area contributed by atoms with E-state index in [1.807, 2.05) is 12.1 Å². The van der Waals surface area contributed by atoms with E-state index in [0.717, 1.165) is 30.7 Å². The average molecular weight is 1710 g/mol. The quantitative estimate of drug-likeness (QED) is 0.00572. The summed E-state index contributed by atoms with van der Waals surface area (Å²) in [5, 5.41) is 99.6. The number of primary amides is 1. The lowest BCUT2D eigenvalue weighted by molar-refractivity contribution is -0.393. The van der Waals surface area contributed by atoms with Gasteiger partial charge in [-0.3, -0.25) is 98.8 Å². The lowest BCUT2D eigenvalue weighted by atomic mass is 10.0. The van der Waals surface area contributed by atoms with E-state index in [9.17, 15) is 92.8 Å². The summed E-state index contributed by atoms with van der Waals surface area (Å²) in [6.07, 6.45) is -3.16. The number of nitro groups is 2. The number of nitrogens with one attached hydrogen (secondary N) is 16. The zero-order chi connectivity index (χ0) is 90.3. The van der Waals surface area contributed by atoms with Crippen molar-refractivity contribution in [3.05, 3.63) is 115 Å². The molecule has 46 heteroatoms. The van der Waals surface area contributed by atoms with Crippen molar-refractivity contribution in [3.8, 4) is 5.75 Å². The molecule has 2 heterocycles. The van der Waals surface area contributed by atoms with Crippen LogP contribution >= 0.6 is 0 Å². The van der Waals surface area contributed by atoms with Gasteiger partial charge in [0.15, 0.2) is 17.9 Å². The number of guanidine groups is 3. The number of carbonyl (C=O) groups is 13. The molecule has 5 rings (SSSR count). The standard InChI is InChI=1S/C76H109N23O23/c1-41(2)34-55(95-72(114)57-20-13-32-97(57)73(115)54(19-12-31-86-76(82)83)89-60(100)35-44-36-63(105)122-59-38-46(120-4)22-23-47(44)59)70(112)94-53(26-28-62(103)104)69(111)92-50(16-8-9-33-121-40-43-14-6-5-7-15-43)67(109)96-56(39-87-48-24-21-45(98(116)117)37-58(48)99(118)119)71(113)88-42(3)65(107)91-51(18-11-30-85-75(80)81)66(108)93-52(25-27-61(101)102)68(110)90-49(64(77)106)17-10-29-84-74(78)79/h5-7,14-15,21-24,36-38,41-42,49-57,87H,8-13,16-20,25-35,39-40H2,1-4H3,(H2,77,106)(H,88,113)(H,89,100)(H,90,110)(H,91,107)(H,92,111)(H,93,108)(H,94,112)(H,95,114)(H,96,109)(H,101,102)(H,103,104)(H4,78,79,84)(H4,80,81,85)(H4,82,83,86)/t42-,49-,50-,51-,52-,53-,54-,55-,56?,57-/m0/s1. The molecule has 0 spiro atoms. The molecule has 4 aromatic rings. The summed E-state index contributed by atoms with van der Waals surface area (Å²) in [4.78, 5) is 218. The number of nitro benzene ring substituents is 2. The van der Waals surface area contributed by atoms with Crippen molar-refractivity contribution in [1.29, 1.82) is 16.2 Å². The summed E-state index contributed by atoms with van der Waals surface area (Å²) < 4.78 is 16.5. The SMILES string of the molecule is COc1ccc2c(CC(=O)N[C@@H](CCCNC(=N)N)C(=O)N3CCC[C@H]3C(=O)N[C@@H](CC(C)C)C(=O)N[C@@H](CCC(=O)O)C(=O)N[C@@H](CCCCOCc3ccccc3)C(=O)NC(CNc3ccc([N+](=O)[O-])cc3[N+](=O)[O-])C(=O)N[C@@H](C)C(=O)N[C@@H](CCCNC(=N)N)C(=O)N[C@@H](CCC(=O)O)C(=O)N[C@@H](CCCNC(=N)N)C(N)=O)cc(=O)oc2c1. The maximum absolute atomic E-state index is 15.1. The molecule has 1 aromatic heterocycles. The van der Waals surface area contributed by atoms with Gasteiger partial charge in [0.1, 0.15) is 77.4 Å². The van der Waals surface area contributed by atoms with Crippen molar-refractivity contribution in [3.63, 3.8) is 0 Å². The maximum atomic E-state index is 15.1. The van der Waals surface area contributed by atoms with Gasteiger partial charge in [0.05, 0.1) is 36.1 Å². The molecule has 1 saturated heterocycles. The van der Waals surface area contributed by atoms with Crippen LogP contribution in [0.5, 0.6) is 5.75 Å². The number of ether oxygens (including phenoxy) is 2. The molecule has 0 aliphatic carbocycles. The largest absolute Gasteiger partial charge is 0.497 e. The lowest BCUT2D eigenvalue weighted by Gasteiger charge is -2.31. The maximum Gasteiger partial charge on any atom is 0.336 e. The Morgan fingerprint density at radius 1 is 0.574 bits per heavy atom. The molecule has 1 unspecified atom stereocenters. The summed E-state index contributed by atoms with van der Waals surface area (Å²) in [6.45, 7) is 4.00. The highest BCUT2D eigenvalue weighted by molar-refractivity contribution is 6.00. The first-order valence-electron chi connectivity index (χ1n) is 39.2. The molecule has 1 aliphatic rings. The highest BCUT2D eigenvalue weighted by Crippen LogP contribution is 2.30. The summed E-state index contributed by atoms with van der Waals surface area (Å²) in [6, 6.07) is 1.11. The van der Waals surface area contributed by atoms with E-state index in [0.29, 0.717) is 17.2 Å². The van der Waals surface area contributed by atoms with Crippen LogP contribution in [0.3, 0.4) is 0 Å². The number of aliphatic carboxylic acids is 2. The first-order chi connectivity index (χ1) is 57.8. The molecule has 46 nitrogen and oxygen atoms in total. The molecule has 11 amide bonds. The van der Waals surface area contributed by atoms with Gasteiger partial charge in [0, 0.05) is 75.8 Å². The molecule has 1 aliphatic heterocycles. The number of fused-ring (bicyclic) bond motifs is 1. The Morgan fingerprint density at radius 2 is 1.08 bits per heavy atom. The van der Waals surface area contributed by atoms with Crippen LogP contribution in [0.25, 0.3) is 11.0 Å². The van der Waals surface area contributed by atoms with Gasteiger partial charge in [-0.25, -0.2) is 4.79 Å². The summed E-state index contributed by atoms with van der Waals surface area (Å²) in [5.74, 6) is -15.3. The van der Waals surface area contributed by atoms with Crippen molar-refractivity contribution >= 4 is 123 Å². The van der Waals surface area contributed by atoms with Gasteiger partial charge in [-0.15, -0.1) is 0 Å². The van der Waals surface area contributed by atoms with Crippen molar-refractivity contribution < 1.29 is 96.3 Å². The Bertz CT molecular complexity index is 4460. The van der Waals surface area contributed by atoms with Crippen LogP contribution < -0.4 is 102 Å². The number of non-ortho nitro benzene ring substituents is 1. The third-order valence-electron chi connectivity index (χ3n) is 19.1. The van der Waals surface area contributed by atoms with Crippen molar-refractivity contribution in [1.82, 2.24) is 68.7 Å². The Morgan fingerprint density at radius 3 is 1.61 bits per heavy atom. The Hall–Kier alpha value is -13.8. The number of amides is 11. The molecule has 3 aromatic carbocycles. The minimum atomic E-state index is -1.98. The van der Waals surface area contributed by atoms with E-state index in [-0.39, 0.29) is 145 Å². The van der Waals surface area contributed by atoms with Gasteiger partial charge in [0.2, 0.25) is 65.0 Å². The smallest absolute Gasteiger partial charge is 0.336 e. The molecule has 0 radical (unpaired) electrons. The number of hydrogen-bond donors (Lipinski definition) is 22. The number of methoxy groups -OCH3 is 1. The van der Waals surface area contributed by atoms with Gasteiger partial charge >= 0.3 is 17.6 Å². The van der Waals surface area contributed by atoms with E-state index in [4.69, 9.17) is 53.1 Å². The third-order valence-corrected chi connectivity index (χ3v) is 19.1. The number of unbranched alkanes of at least 4 members (excludes halogenated alkanes) is 1. The van der Waals surface area contributed by atoms with E-state index < -0.39 is 214 Å². The van der Waals surface area contributed by atoms with E-state index in [2.05, 4.69) is 69.1 Å². The number of nitrogens with two attached hydrogens (primary N) is 4. The number of anilines is 1. The Labute approximate surface area is 699 Å². The number of nitrogens with zero attached hydrogens (tertiary/aromatic N) is 3. The van der Waals surface area contributed by atoms with Crippen LogP contribution in [0.1, 0.15) is 135 Å². The first kappa shape index (κ1) is 98.7. The second-order valence-corrected chi connectivity index (χ2v) is 29.1. The molecule has 26 N–H and O–H groups in total. The predicted octanol–water partition coefficient (Wildman–Crippen LogP) is -1.92. The number of likely N-dealkylation sites (tertiary alicyclic amines) is 1. The molecule has 0 saturated carbocycles. The molecular weight excluding hydrogens is 1600 g/mol. The van der Waals surface area contributed by atoms with E-state index >= 15 is 4.79 Å². The van der Waals surface area contributed by atoms with Crippen LogP contribution in [0.15, 0.2) is 82.0 Å². The Kier molecular flexibility index (Phi) is 40.6. The molecule has 122 heavy (non-hydrogen) atoms. The normalized spacial score (nSPS) is 14.4. The second-order valence-electron chi connectivity index (χ2n) is 29.1. The third kappa shape index (κ3) is 34.2. The average Bonchev–Trinajstić information content (AvgIpc) is 0.857. The minimum absolute atomic E-state index is 0.00401. The van der Waals surface area contributed by atoms with Crippen molar-refractivity contribution in [2.24, 2.45) is 28.9 Å². The fourth-order valence-electron chi connectivity index (χ4n) is 12.8. The highest BCUT2D eigenvalue weighted by atomic mass is 16.6.